The van der Waals surface area contributed by atoms with Crippen LogP contribution in [-0.4, -0.2) is 9.97 Å². The fourth-order valence-electron chi connectivity index (χ4n) is 4.24. The lowest BCUT2D eigenvalue weighted by molar-refractivity contribution is 1.36. The molecular weight excluding hydrogens is 424 g/mol. The second-order valence-electron chi connectivity index (χ2n) is 8.03. The van der Waals surface area contributed by atoms with Gasteiger partial charge in [-0.25, -0.2) is 9.97 Å². The van der Waals surface area contributed by atoms with Gasteiger partial charge >= 0.3 is 0 Å². The molecule has 0 bridgehead atoms. The van der Waals surface area contributed by atoms with Crippen LogP contribution in [0.3, 0.4) is 0 Å². The molecule has 6 rings (SSSR count). The Labute approximate surface area is 197 Å². The van der Waals surface area contributed by atoms with E-state index in [4.69, 9.17) is 21.6 Å². The third-order valence-electron chi connectivity index (χ3n) is 5.92. The molecule has 33 heavy (non-hydrogen) atoms. The smallest absolute Gasteiger partial charge is 0.0987 e. The molecular formula is C30H19ClN2. The van der Waals surface area contributed by atoms with Crippen LogP contribution in [0.5, 0.6) is 0 Å². The second kappa shape index (κ2) is 8.16. The summed E-state index contributed by atoms with van der Waals surface area (Å²) in [5.74, 6) is 0. The summed E-state index contributed by atoms with van der Waals surface area (Å²) in [7, 11) is 0. The monoisotopic (exact) mass is 442 g/mol. The number of hydrogen-bond donors (Lipinski definition) is 0. The number of rotatable bonds is 3. The summed E-state index contributed by atoms with van der Waals surface area (Å²) >= 11 is 6.69. The van der Waals surface area contributed by atoms with Crippen LogP contribution in [0.2, 0.25) is 5.02 Å². The molecule has 0 saturated heterocycles. The first-order chi connectivity index (χ1) is 16.3. The van der Waals surface area contributed by atoms with Gasteiger partial charge in [0, 0.05) is 21.9 Å². The largest absolute Gasteiger partial charge is 0.245 e. The second-order valence-corrected chi connectivity index (χ2v) is 8.44. The fraction of sp³-hybridized carbons (Fsp3) is 0. The summed E-state index contributed by atoms with van der Waals surface area (Å²) in [6.07, 6.45) is 0. The van der Waals surface area contributed by atoms with Gasteiger partial charge < -0.3 is 0 Å². The van der Waals surface area contributed by atoms with E-state index in [1.165, 1.54) is 11.1 Å². The van der Waals surface area contributed by atoms with Gasteiger partial charge in [0.15, 0.2) is 0 Å². The van der Waals surface area contributed by atoms with Gasteiger partial charge in [-0.2, -0.15) is 0 Å². The normalized spacial score (nSPS) is 11.2. The van der Waals surface area contributed by atoms with Crippen molar-refractivity contribution in [3.05, 3.63) is 120 Å². The van der Waals surface area contributed by atoms with Crippen molar-refractivity contribution in [1.82, 2.24) is 9.97 Å². The van der Waals surface area contributed by atoms with Gasteiger partial charge in [0.25, 0.3) is 0 Å². The van der Waals surface area contributed by atoms with Crippen molar-refractivity contribution in [2.75, 3.05) is 0 Å². The van der Waals surface area contributed by atoms with E-state index in [-0.39, 0.29) is 0 Å². The molecule has 0 aliphatic carbocycles. The molecule has 4 aromatic carbocycles. The predicted molar refractivity (Wildman–Crippen MR) is 138 cm³/mol. The Balaban J connectivity index is 1.54. The Kier molecular flexibility index (Phi) is 4.86. The maximum absolute atomic E-state index is 6.69. The molecule has 2 heterocycles. The molecule has 2 aromatic heterocycles. The minimum absolute atomic E-state index is 0.680. The maximum atomic E-state index is 6.69. The van der Waals surface area contributed by atoms with E-state index in [1.54, 1.807) is 0 Å². The topological polar surface area (TPSA) is 25.8 Å². The summed E-state index contributed by atoms with van der Waals surface area (Å²) in [6.45, 7) is 0. The van der Waals surface area contributed by atoms with Gasteiger partial charge in [0.05, 0.1) is 27.4 Å². The molecule has 0 N–H and O–H groups in total. The van der Waals surface area contributed by atoms with Gasteiger partial charge in [0.1, 0.15) is 0 Å². The van der Waals surface area contributed by atoms with Crippen LogP contribution in [0.15, 0.2) is 115 Å². The van der Waals surface area contributed by atoms with Crippen LogP contribution in [-0.2, 0) is 0 Å². The summed E-state index contributed by atoms with van der Waals surface area (Å²) in [5, 5.41) is 2.63. The number of hydrogen-bond acceptors (Lipinski definition) is 2. The molecule has 2 nitrogen and oxygen atoms in total. The van der Waals surface area contributed by atoms with Crippen LogP contribution in [0.1, 0.15) is 0 Å². The van der Waals surface area contributed by atoms with E-state index < -0.39 is 0 Å². The highest BCUT2D eigenvalue weighted by atomic mass is 35.5. The molecule has 0 atom stereocenters. The number of pyridine rings is 2. The molecule has 0 radical (unpaired) electrons. The minimum atomic E-state index is 0.680. The van der Waals surface area contributed by atoms with Crippen molar-refractivity contribution >= 4 is 33.4 Å². The molecule has 0 spiro atoms. The first-order valence-corrected chi connectivity index (χ1v) is 11.3. The zero-order chi connectivity index (χ0) is 22.2. The van der Waals surface area contributed by atoms with Crippen molar-refractivity contribution in [3.8, 4) is 33.6 Å². The molecule has 156 valence electrons. The molecule has 0 saturated carbocycles. The van der Waals surface area contributed by atoms with Crippen LogP contribution in [0, 0.1) is 0 Å². The quantitative estimate of drug-likeness (QED) is 0.257. The van der Waals surface area contributed by atoms with Crippen molar-refractivity contribution in [2.24, 2.45) is 0 Å². The van der Waals surface area contributed by atoms with Crippen molar-refractivity contribution in [1.29, 1.82) is 0 Å². The van der Waals surface area contributed by atoms with Crippen LogP contribution in [0.25, 0.3) is 55.4 Å². The third-order valence-corrected chi connectivity index (χ3v) is 6.24. The molecule has 3 heteroatoms. The molecule has 0 aliphatic heterocycles. The van der Waals surface area contributed by atoms with Gasteiger partial charge in [-0.15, -0.1) is 0 Å². The highest BCUT2D eigenvalue weighted by molar-refractivity contribution is 6.36. The standard InChI is InChI=1S/C30H19ClN2/c31-26-19-28(21-10-5-2-6-11-21)33-30-25(26)16-14-22-15-17-27(32-29(22)30)24-13-7-12-23(18-24)20-8-3-1-4-9-20/h1-19H. The highest BCUT2D eigenvalue weighted by Crippen LogP contribution is 2.33. The first-order valence-electron chi connectivity index (χ1n) is 10.9. The number of fused-ring (bicyclic) bond motifs is 3. The summed E-state index contributed by atoms with van der Waals surface area (Å²) in [4.78, 5) is 10.1. The Morgan fingerprint density at radius 3 is 1.88 bits per heavy atom. The van der Waals surface area contributed by atoms with Crippen molar-refractivity contribution in [3.63, 3.8) is 0 Å². The number of halogens is 1. The van der Waals surface area contributed by atoms with Gasteiger partial charge in [-0.05, 0) is 29.3 Å². The lowest BCUT2D eigenvalue weighted by atomic mass is 10.0. The zero-order valence-electron chi connectivity index (χ0n) is 17.7. The lowest BCUT2D eigenvalue weighted by Gasteiger charge is -2.10. The number of aromatic nitrogens is 2. The highest BCUT2D eigenvalue weighted by Gasteiger charge is 2.12. The van der Waals surface area contributed by atoms with Gasteiger partial charge in [-0.3, -0.25) is 0 Å². The Hall–Kier alpha value is -4.01. The first kappa shape index (κ1) is 19.7. The fourth-order valence-corrected chi connectivity index (χ4v) is 4.49. The SMILES string of the molecule is Clc1cc(-c2ccccc2)nc2c1ccc1ccc(-c3cccc(-c4ccccc4)c3)nc12. The van der Waals surface area contributed by atoms with E-state index in [1.807, 2.05) is 48.5 Å². The van der Waals surface area contributed by atoms with Crippen LogP contribution >= 0.6 is 11.6 Å². The van der Waals surface area contributed by atoms with E-state index in [9.17, 15) is 0 Å². The molecule has 0 fully saturated rings. The summed E-state index contributed by atoms with van der Waals surface area (Å²) < 4.78 is 0. The lowest BCUT2D eigenvalue weighted by Crippen LogP contribution is -1.92. The maximum Gasteiger partial charge on any atom is 0.0987 e. The third kappa shape index (κ3) is 3.65. The Morgan fingerprint density at radius 2 is 1.09 bits per heavy atom. The molecule has 6 aromatic rings. The summed E-state index contributed by atoms with van der Waals surface area (Å²) in [6, 6.07) is 39.2. The average Bonchev–Trinajstić information content (AvgIpc) is 2.89. The average molecular weight is 443 g/mol. The van der Waals surface area contributed by atoms with Crippen molar-refractivity contribution in [2.45, 2.75) is 0 Å². The number of benzene rings is 4. The molecule has 0 aliphatic rings. The van der Waals surface area contributed by atoms with Gasteiger partial charge in [0.2, 0.25) is 0 Å². The predicted octanol–water partition coefficient (Wildman–Crippen LogP) is 8.44. The zero-order valence-corrected chi connectivity index (χ0v) is 18.5. The number of nitrogens with zero attached hydrogens (tertiary/aromatic N) is 2. The Bertz CT molecular complexity index is 1610. The summed E-state index contributed by atoms with van der Waals surface area (Å²) in [5.41, 5.74) is 7.89. The van der Waals surface area contributed by atoms with E-state index in [2.05, 4.69) is 66.7 Å². The van der Waals surface area contributed by atoms with E-state index in [0.29, 0.717) is 5.02 Å². The van der Waals surface area contributed by atoms with Crippen molar-refractivity contribution < 1.29 is 0 Å². The molecule has 0 amide bonds. The van der Waals surface area contributed by atoms with Crippen LogP contribution in [0.4, 0.5) is 0 Å². The molecule has 0 unspecified atom stereocenters. The van der Waals surface area contributed by atoms with Crippen LogP contribution < -0.4 is 0 Å². The van der Waals surface area contributed by atoms with E-state index >= 15 is 0 Å². The Morgan fingerprint density at radius 1 is 0.455 bits per heavy atom. The van der Waals surface area contributed by atoms with E-state index in [0.717, 1.165) is 44.3 Å². The van der Waals surface area contributed by atoms with Gasteiger partial charge in [-0.1, -0.05) is 109 Å². The minimum Gasteiger partial charge on any atom is -0.245 e.